The van der Waals surface area contributed by atoms with Gasteiger partial charge in [0.05, 0.1) is 23.5 Å². The Bertz CT molecular complexity index is 933. The molecular weight excluding hydrogens is 326 g/mol. The van der Waals surface area contributed by atoms with Crippen LogP contribution in [0.15, 0.2) is 18.2 Å². The number of hydrogen-bond donors (Lipinski definition) is 2. The number of tetrazole rings is 1. The van der Waals surface area contributed by atoms with E-state index in [1.54, 1.807) is 13.0 Å². The molecule has 1 aliphatic rings. The average Bonchev–Trinajstić information content (AvgIpc) is 3.31. The molecule has 10 nitrogen and oxygen atoms in total. The maximum atomic E-state index is 12.4. The lowest BCUT2D eigenvalue weighted by atomic mass is 10.1. The molecule has 0 spiro atoms. The molecule has 1 amide bonds. The Labute approximate surface area is 142 Å². The van der Waals surface area contributed by atoms with E-state index in [1.807, 2.05) is 19.1 Å². The minimum Gasteiger partial charge on any atom is -0.454 e. The van der Waals surface area contributed by atoms with E-state index in [9.17, 15) is 4.79 Å². The number of hydrogen-bond acceptors (Lipinski definition) is 7. The number of amides is 1. The summed E-state index contributed by atoms with van der Waals surface area (Å²) < 4.78 is 12.1. The Hall–Kier alpha value is -3.43. The van der Waals surface area contributed by atoms with Crippen LogP contribution in [0, 0.1) is 13.8 Å². The third-order valence-electron chi connectivity index (χ3n) is 3.88. The number of nitrogens with zero attached hydrogens (tertiary/aromatic N) is 5. The van der Waals surface area contributed by atoms with Crippen molar-refractivity contribution in [3.8, 4) is 17.4 Å². The average molecular weight is 341 g/mol. The van der Waals surface area contributed by atoms with Gasteiger partial charge in [0, 0.05) is 0 Å². The van der Waals surface area contributed by atoms with Crippen molar-refractivity contribution >= 4 is 11.6 Å². The summed E-state index contributed by atoms with van der Waals surface area (Å²) in [6.07, 6.45) is 0.211. The molecule has 0 saturated carbocycles. The number of ether oxygens (including phenoxy) is 2. The number of rotatable bonds is 4. The number of aryl methyl sites for hydroxylation is 1. The number of aromatic amines is 1. The Morgan fingerprint density at radius 2 is 2.16 bits per heavy atom. The highest BCUT2D eigenvalue weighted by Crippen LogP contribution is 2.32. The second-order valence-electron chi connectivity index (χ2n) is 5.58. The lowest BCUT2D eigenvalue weighted by molar-refractivity contribution is -0.115. The van der Waals surface area contributed by atoms with E-state index < -0.39 is 0 Å². The normalized spacial score (nSPS) is 12.4. The zero-order valence-corrected chi connectivity index (χ0v) is 13.6. The molecule has 4 rings (SSSR count). The van der Waals surface area contributed by atoms with Gasteiger partial charge in [-0.25, -0.2) is 0 Å². The van der Waals surface area contributed by atoms with Gasteiger partial charge in [-0.3, -0.25) is 4.79 Å². The molecule has 10 heteroatoms. The first-order chi connectivity index (χ1) is 12.1. The molecule has 0 saturated heterocycles. The fraction of sp³-hybridized carbons (Fsp3) is 0.267. The van der Waals surface area contributed by atoms with Crippen molar-refractivity contribution in [2.45, 2.75) is 20.3 Å². The third kappa shape index (κ3) is 2.77. The molecule has 2 N–H and O–H groups in total. The first-order valence-electron chi connectivity index (χ1n) is 7.60. The van der Waals surface area contributed by atoms with Gasteiger partial charge in [-0.05, 0) is 36.8 Å². The Balaban J connectivity index is 1.51. The summed E-state index contributed by atoms with van der Waals surface area (Å²) in [7, 11) is 0. The van der Waals surface area contributed by atoms with Gasteiger partial charge in [0.2, 0.25) is 12.7 Å². The molecule has 0 atom stereocenters. The fourth-order valence-corrected chi connectivity index (χ4v) is 2.68. The standard InChI is InChI=1S/C15H15N7O3/c1-8-14(9(2)22(19-8)15-17-20-21-18-15)16-13(23)6-10-3-4-11-12(5-10)25-7-24-11/h3-5H,6-7H2,1-2H3,(H,16,23)(H,17,18,20,21). The molecule has 3 aromatic rings. The van der Waals surface area contributed by atoms with E-state index in [0.29, 0.717) is 28.8 Å². The van der Waals surface area contributed by atoms with Crippen molar-refractivity contribution in [3.63, 3.8) is 0 Å². The summed E-state index contributed by atoms with van der Waals surface area (Å²) in [4.78, 5) is 12.4. The second-order valence-corrected chi connectivity index (χ2v) is 5.58. The van der Waals surface area contributed by atoms with Gasteiger partial charge >= 0.3 is 0 Å². The van der Waals surface area contributed by atoms with Crippen molar-refractivity contribution in [2.24, 2.45) is 0 Å². The minimum atomic E-state index is -0.155. The number of carbonyl (C=O) groups excluding carboxylic acids is 1. The minimum absolute atomic E-state index is 0.155. The lowest BCUT2D eigenvalue weighted by Crippen LogP contribution is -2.15. The highest BCUT2D eigenvalue weighted by molar-refractivity contribution is 5.93. The van der Waals surface area contributed by atoms with Crippen LogP contribution in [-0.2, 0) is 11.2 Å². The summed E-state index contributed by atoms with van der Waals surface area (Å²) in [6, 6.07) is 5.45. The Morgan fingerprint density at radius 1 is 1.32 bits per heavy atom. The predicted molar refractivity (Wildman–Crippen MR) is 85.7 cm³/mol. The zero-order valence-electron chi connectivity index (χ0n) is 13.6. The summed E-state index contributed by atoms with van der Waals surface area (Å²) in [5.74, 6) is 1.51. The molecule has 0 bridgehead atoms. The van der Waals surface area contributed by atoms with E-state index in [-0.39, 0.29) is 19.1 Å². The molecule has 128 valence electrons. The number of nitrogens with one attached hydrogen (secondary N) is 2. The predicted octanol–water partition coefficient (Wildman–Crippen LogP) is 0.912. The zero-order chi connectivity index (χ0) is 17.4. The number of carbonyl (C=O) groups is 1. The van der Waals surface area contributed by atoms with Crippen LogP contribution >= 0.6 is 0 Å². The van der Waals surface area contributed by atoms with Gasteiger partial charge in [0.25, 0.3) is 5.95 Å². The van der Waals surface area contributed by atoms with Crippen molar-refractivity contribution in [1.29, 1.82) is 0 Å². The molecule has 0 aliphatic carbocycles. The lowest BCUT2D eigenvalue weighted by Gasteiger charge is -2.06. The molecule has 1 aromatic carbocycles. The van der Waals surface area contributed by atoms with Crippen molar-refractivity contribution in [1.82, 2.24) is 30.4 Å². The molecular formula is C15H15N7O3. The van der Waals surface area contributed by atoms with Crippen molar-refractivity contribution in [2.75, 3.05) is 12.1 Å². The SMILES string of the molecule is Cc1nn(-c2nn[nH]n2)c(C)c1NC(=O)Cc1ccc2c(c1)OCO2. The largest absolute Gasteiger partial charge is 0.454 e. The van der Waals surface area contributed by atoms with Crippen LogP contribution in [0.2, 0.25) is 0 Å². The Kier molecular flexibility index (Phi) is 3.56. The smallest absolute Gasteiger partial charge is 0.290 e. The second kappa shape index (κ2) is 5.89. The fourth-order valence-electron chi connectivity index (χ4n) is 2.68. The summed E-state index contributed by atoms with van der Waals surface area (Å²) in [5.41, 5.74) is 2.86. The topological polar surface area (TPSA) is 120 Å². The van der Waals surface area contributed by atoms with Crippen LogP contribution in [0.25, 0.3) is 5.95 Å². The molecule has 25 heavy (non-hydrogen) atoms. The van der Waals surface area contributed by atoms with E-state index in [0.717, 1.165) is 11.3 Å². The first kappa shape index (κ1) is 15.1. The number of fused-ring (bicyclic) bond motifs is 1. The maximum Gasteiger partial charge on any atom is 0.290 e. The van der Waals surface area contributed by atoms with Gasteiger partial charge < -0.3 is 14.8 Å². The number of benzene rings is 1. The van der Waals surface area contributed by atoms with Gasteiger partial charge in [-0.2, -0.15) is 15.0 Å². The maximum absolute atomic E-state index is 12.4. The van der Waals surface area contributed by atoms with Crippen LogP contribution in [0.5, 0.6) is 11.5 Å². The summed E-state index contributed by atoms with van der Waals surface area (Å²) in [5, 5.41) is 20.9. The quantitative estimate of drug-likeness (QED) is 0.723. The molecule has 0 fully saturated rings. The van der Waals surface area contributed by atoms with Gasteiger partial charge in [0.1, 0.15) is 0 Å². The summed E-state index contributed by atoms with van der Waals surface area (Å²) in [6.45, 7) is 3.84. The van der Waals surface area contributed by atoms with E-state index in [2.05, 4.69) is 31.0 Å². The van der Waals surface area contributed by atoms with Crippen LogP contribution in [0.4, 0.5) is 5.69 Å². The number of H-pyrrole nitrogens is 1. The molecule has 0 unspecified atom stereocenters. The molecule has 3 heterocycles. The highest BCUT2D eigenvalue weighted by atomic mass is 16.7. The number of anilines is 1. The first-order valence-corrected chi connectivity index (χ1v) is 7.60. The van der Waals surface area contributed by atoms with Crippen LogP contribution in [-0.4, -0.2) is 43.1 Å². The van der Waals surface area contributed by atoms with E-state index in [4.69, 9.17) is 9.47 Å². The third-order valence-corrected chi connectivity index (χ3v) is 3.88. The van der Waals surface area contributed by atoms with Crippen molar-refractivity contribution < 1.29 is 14.3 Å². The molecule has 1 aliphatic heterocycles. The monoisotopic (exact) mass is 341 g/mol. The van der Waals surface area contributed by atoms with Crippen LogP contribution < -0.4 is 14.8 Å². The molecule has 2 aromatic heterocycles. The summed E-state index contributed by atoms with van der Waals surface area (Å²) >= 11 is 0. The van der Waals surface area contributed by atoms with Crippen LogP contribution in [0.1, 0.15) is 17.0 Å². The van der Waals surface area contributed by atoms with Gasteiger partial charge in [0.15, 0.2) is 11.5 Å². The van der Waals surface area contributed by atoms with Gasteiger partial charge in [-0.15, -0.1) is 5.10 Å². The van der Waals surface area contributed by atoms with E-state index in [1.165, 1.54) is 4.68 Å². The van der Waals surface area contributed by atoms with Crippen LogP contribution in [0.3, 0.4) is 0 Å². The Morgan fingerprint density at radius 3 is 2.96 bits per heavy atom. The van der Waals surface area contributed by atoms with Gasteiger partial charge in [-0.1, -0.05) is 11.2 Å². The number of aromatic nitrogens is 6. The highest BCUT2D eigenvalue weighted by Gasteiger charge is 2.18. The molecule has 0 radical (unpaired) electrons. The van der Waals surface area contributed by atoms with E-state index >= 15 is 0 Å². The van der Waals surface area contributed by atoms with Crippen molar-refractivity contribution in [3.05, 3.63) is 35.2 Å².